The van der Waals surface area contributed by atoms with Gasteiger partial charge in [-0.2, -0.15) is 0 Å². The van der Waals surface area contributed by atoms with Crippen molar-refractivity contribution in [2.75, 3.05) is 38.0 Å². The van der Waals surface area contributed by atoms with E-state index in [1.807, 2.05) is 30.3 Å². The van der Waals surface area contributed by atoms with Crippen LogP contribution in [0.5, 0.6) is 0 Å². The van der Waals surface area contributed by atoms with Gasteiger partial charge in [-0.05, 0) is 69.3 Å². The van der Waals surface area contributed by atoms with Crippen molar-refractivity contribution in [2.24, 2.45) is 17.8 Å². The lowest BCUT2D eigenvalue weighted by Gasteiger charge is -2.39. The number of hydrogen-bond acceptors (Lipinski definition) is 4. The van der Waals surface area contributed by atoms with E-state index in [9.17, 15) is 19.5 Å². The number of piperidine rings is 2. The van der Waals surface area contributed by atoms with Crippen molar-refractivity contribution in [2.45, 2.75) is 32.1 Å². The van der Waals surface area contributed by atoms with Crippen molar-refractivity contribution in [1.29, 1.82) is 0 Å². The zero-order valence-electron chi connectivity index (χ0n) is 17.2. The van der Waals surface area contributed by atoms with E-state index in [1.54, 1.807) is 4.90 Å². The molecule has 3 rings (SSSR count). The predicted octanol–water partition coefficient (Wildman–Crippen LogP) is 2.82. The van der Waals surface area contributed by atoms with Crippen LogP contribution in [-0.4, -0.2) is 70.7 Å². The molecule has 1 aromatic rings. The van der Waals surface area contributed by atoms with Crippen LogP contribution in [0.15, 0.2) is 30.3 Å². The number of carbonyl (C=O) groups is 3. The largest absolute Gasteiger partial charge is 0.481 e. The Morgan fingerprint density at radius 3 is 2.30 bits per heavy atom. The number of carboxylic acids is 2. The first-order chi connectivity index (χ1) is 14.4. The summed E-state index contributed by atoms with van der Waals surface area (Å²) in [5.74, 6) is -1.60. The number of aliphatic carboxylic acids is 2. The lowest BCUT2D eigenvalue weighted by molar-refractivity contribution is -0.143. The van der Waals surface area contributed by atoms with Crippen LogP contribution in [0, 0.1) is 17.8 Å². The normalized spacial score (nSPS) is 23.1. The standard InChI is InChI=1S/C22H31N3O5/c26-20(27)14-17-9-13-25(22(30)23-19-4-2-1-3-5-19)15-18(17)8-12-24-10-6-16(7-11-24)21(28)29/h1-5,16-18H,6-15H2,(H,23,30)(H,26,27)(H,28,29)/t17-,18-/m0/s1. The average Bonchev–Trinajstić information content (AvgIpc) is 2.73. The van der Waals surface area contributed by atoms with E-state index in [4.69, 9.17) is 5.11 Å². The van der Waals surface area contributed by atoms with Crippen molar-refractivity contribution in [1.82, 2.24) is 9.80 Å². The number of benzene rings is 1. The highest BCUT2D eigenvalue weighted by Gasteiger charge is 2.33. The van der Waals surface area contributed by atoms with Crippen LogP contribution in [0.25, 0.3) is 0 Å². The molecule has 2 saturated heterocycles. The molecule has 30 heavy (non-hydrogen) atoms. The molecule has 3 N–H and O–H groups in total. The fourth-order valence-corrected chi connectivity index (χ4v) is 4.56. The first kappa shape index (κ1) is 22.1. The van der Waals surface area contributed by atoms with Crippen LogP contribution in [0.3, 0.4) is 0 Å². The summed E-state index contributed by atoms with van der Waals surface area (Å²) in [5, 5.41) is 21.4. The lowest BCUT2D eigenvalue weighted by atomic mass is 9.81. The molecule has 2 fully saturated rings. The quantitative estimate of drug-likeness (QED) is 0.629. The van der Waals surface area contributed by atoms with E-state index in [0.29, 0.717) is 32.4 Å². The van der Waals surface area contributed by atoms with Crippen molar-refractivity contribution < 1.29 is 24.6 Å². The maximum absolute atomic E-state index is 12.7. The molecular formula is C22H31N3O5. The minimum absolute atomic E-state index is 0.0554. The van der Waals surface area contributed by atoms with Gasteiger partial charge in [-0.25, -0.2) is 4.79 Å². The highest BCUT2D eigenvalue weighted by Crippen LogP contribution is 2.30. The summed E-state index contributed by atoms with van der Waals surface area (Å²) in [6.07, 6.45) is 2.93. The number of amides is 2. The molecule has 0 bridgehead atoms. The molecule has 8 heteroatoms. The van der Waals surface area contributed by atoms with Crippen LogP contribution in [0.2, 0.25) is 0 Å². The zero-order chi connectivity index (χ0) is 21.5. The Labute approximate surface area is 176 Å². The number of carboxylic acid groups (broad SMARTS) is 2. The van der Waals surface area contributed by atoms with Crippen molar-refractivity contribution in [3.05, 3.63) is 30.3 Å². The van der Waals surface area contributed by atoms with Gasteiger partial charge in [-0.15, -0.1) is 0 Å². The van der Waals surface area contributed by atoms with Crippen LogP contribution < -0.4 is 5.32 Å². The van der Waals surface area contributed by atoms with Gasteiger partial charge in [-0.3, -0.25) is 9.59 Å². The third-order valence-electron chi connectivity index (χ3n) is 6.39. The van der Waals surface area contributed by atoms with Crippen LogP contribution in [-0.2, 0) is 9.59 Å². The average molecular weight is 418 g/mol. The molecule has 0 aromatic heterocycles. The molecule has 0 spiro atoms. The molecular weight excluding hydrogens is 386 g/mol. The number of para-hydroxylation sites is 1. The van der Waals surface area contributed by atoms with E-state index < -0.39 is 11.9 Å². The van der Waals surface area contributed by atoms with Crippen molar-refractivity contribution in [3.8, 4) is 0 Å². The Hall–Kier alpha value is -2.61. The Bertz CT molecular complexity index is 734. The van der Waals surface area contributed by atoms with Crippen LogP contribution >= 0.6 is 0 Å². The molecule has 0 radical (unpaired) electrons. The van der Waals surface area contributed by atoms with Gasteiger partial charge in [0.25, 0.3) is 0 Å². The fraction of sp³-hybridized carbons (Fsp3) is 0.591. The summed E-state index contributed by atoms with van der Waals surface area (Å²) in [7, 11) is 0. The van der Waals surface area contributed by atoms with E-state index in [2.05, 4.69) is 10.2 Å². The highest BCUT2D eigenvalue weighted by molar-refractivity contribution is 5.89. The van der Waals surface area contributed by atoms with Gasteiger partial charge in [0.2, 0.25) is 0 Å². The predicted molar refractivity (Wildman–Crippen MR) is 112 cm³/mol. The minimum Gasteiger partial charge on any atom is -0.481 e. The number of urea groups is 1. The topological polar surface area (TPSA) is 110 Å². The molecule has 1 aromatic carbocycles. The Kier molecular flexibility index (Phi) is 7.68. The third-order valence-corrected chi connectivity index (χ3v) is 6.39. The number of rotatable bonds is 7. The molecule has 0 saturated carbocycles. The van der Waals surface area contributed by atoms with Crippen LogP contribution in [0.1, 0.15) is 32.1 Å². The van der Waals surface area contributed by atoms with Gasteiger partial charge < -0.3 is 25.3 Å². The van der Waals surface area contributed by atoms with E-state index in [-0.39, 0.29) is 30.2 Å². The van der Waals surface area contributed by atoms with E-state index in [0.717, 1.165) is 31.7 Å². The second-order valence-electron chi connectivity index (χ2n) is 8.39. The second-order valence-corrected chi connectivity index (χ2v) is 8.39. The van der Waals surface area contributed by atoms with Gasteiger partial charge in [0.05, 0.1) is 5.92 Å². The minimum atomic E-state index is -0.797. The Morgan fingerprint density at radius 2 is 1.67 bits per heavy atom. The summed E-state index contributed by atoms with van der Waals surface area (Å²) >= 11 is 0. The van der Waals surface area contributed by atoms with Crippen LogP contribution in [0.4, 0.5) is 10.5 Å². The summed E-state index contributed by atoms with van der Waals surface area (Å²) < 4.78 is 0. The Balaban J connectivity index is 1.55. The van der Waals surface area contributed by atoms with Crippen molar-refractivity contribution >= 4 is 23.7 Å². The summed E-state index contributed by atoms with van der Waals surface area (Å²) in [6.45, 7) is 3.41. The number of hydrogen-bond donors (Lipinski definition) is 3. The second kappa shape index (κ2) is 10.4. The zero-order valence-corrected chi connectivity index (χ0v) is 17.2. The number of nitrogens with one attached hydrogen (secondary N) is 1. The molecule has 8 nitrogen and oxygen atoms in total. The molecule has 2 amide bonds. The summed E-state index contributed by atoms with van der Waals surface area (Å²) in [5.41, 5.74) is 0.744. The van der Waals surface area contributed by atoms with Gasteiger partial charge in [-0.1, -0.05) is 18.2 Å². The lowest BCUT2D eigenvalue weighted by Crippen LogP contribution is -2.47. The fourth-order valence-electron chi connectivity index (χ4n) is 4.56. The van der Waals surface area contributed by atoms with Gasteiger partial charge >= 0.3 is 18.0 Å². The number of nitrogens with zero attached hydrogens (tertiary/aromatic N) is 2. The number of carbonyl (C=O) groups excluding carboxylic acids is 1. The monoisotopic (exact) mass is 417 g/mol. The molecule has 2 atom stereocenters. The van der Waals surface area contributed by atoms with E-state index >= 15 is 0 Å². The maximum Gasteiger partial charge on any atom is 0.321 e. The summed E-state index contributed by atoms with van der Waals surface area (Å²) in [4.78, 5) is 39.2. The first-order valence-electron chi connectivity index (χ1n) is 10.7. The van der Waals surface area contributed by atoms with Gasteiger partial charge in [0.15, 0.2) is 0 Å². The smallest absolute Gasteiger partial charge is 0.321 e. The molecule has 164 valence electrons. The first-order valence-corrected chi connectivity index (χ1v) is 10.7. The summed E-state index contributed by atoms with van der Waals surface area (Å²) in [6, 6.07) is 9.15. The van der Waals surface area contributed by atoms with Gasteiger partial charge in [0, 0.05) is 25.2 Å². The van der Waals surface area contributed by atoms with E-state index in [1.165, 1.54) is 0 Å². The van der Waals surface area contributed by atoms with Gasteiger partial charge in [0.1, 0.15) is 0 Å². The number of likely N-dealkylation sites (tertiary alicyclic amines) is 2. The maximum atomic E-state index is 12.7. The molecule has 0 unspecified atom stereocenters. The third kappa shape index (κ3) is 6.19. The Morgan fingerprint density at radius 1 is 0.967 bits per heavy atom. The SMILES string of the molecule is O=C(O)C[C@@H]1CCN(C(=O)Nc2ccccc2)C[C@@H]1CCN1CCC(C(=O)O)CC1. The highest BCUT2D eigenvalue weighted by atomic mass is 16.4. The molecule has 0 aliphatic carbocycles. The van der Waals surface area contributed by atoms with Crippen molar-refractivity contribution in [3.63, 3.8) is 0 Å². The number of anilines is 1. The molecule has 2 aliphatic heterocycles. The molecule has 2 heterocycles. The molecule has 2 aliphatic rings.